The Morgan fingerprint density at radius 3 is 2.88 bits per heavy atom. The third kappa shape index (κ3) is 4.43. The smallest absolute Gasteiger partial charge is 0.356 e. The van der Waals surface area contributed by atoms with Crippen molar-refractivity contribution in [2.24, 2.45) is 5.92 Å². The molecule has 0 radical (unpaired) electrons. The first-order valence-corrected chi connectivity index (χ1v) is 8.19. The molecule has 0 aliphatic carbocycles. The molecule has 0 bridgehead atoms. The van der Waals surface area contributed by atoms with Crippen molar-refractivity contribution in [1.82, 2.24) is 9.97 Å². The molecule has 1 aliphatic heterocycles. The molecule has 2 aromatic rings. The Labute approximate surface area is 145 Å². The number of carbonyl (C=O) groups is 1. The second-order valence-corrected chi connectivity index (χ2v) is 5.97. The van der Waals surface area contributed by atoms with Crippen molar-refractivity contribution in [3.05, 3.63) is 48.2 Å². The van der Waals surface area contributed by atoms with Gasteiger partial charge in [0.05, 0.1) is 13.7 Å². The summed E-state index contributed by atoms with van der Waals surface area (Å²) in [4.78, 5) is 21.9. The van der Waals surface area contributed by atoms with E-state index in [2.05, 4.69) is 14.9 Å². The summed E-state index contributed by atoms with van der Waals surface area (Å²) in [6.07, 6.45) is 3.43. The first-order valence-electron chi connectivity index (χ1n) is 8.19. The van der Waals surface area contributed by atoms with Gasteiger partial charge in [0.15, 0.2) is 5.69 Å². The zero-order valence-electron chi connectivity index (χ0n) is 14.0. The number of nitrogens with zero attached hydrogens (tertiary/aromatic N) is 3. The topological polar surface area (TPSA) is 64.5 Å². The Hall–Kier alpha value is -2.70. The fourth-order valence-corrected chi connectivity index (χ4v) is 2.89. The van der Waals surface area contributed by atoms with Crippen LogP contribution in [-0.2, 0) is 4.74 Å². The van der Waals surface area contributed by atoms with E-state index in [1.54, 1.807) is 18.2 Å². The molecule has 1 aromatic carbocycles. The van der Waals surface area contributed by atoms with E-state index in [1.807, 2.05) is 0 Å². The highest BCUT2D eigenvalue weighted by Gasteiger charge is 2.22. The lowest BCUT2D eigenvalue weighted by Crippen LogP contribution is -2.38. The SMILES string of the molecule is COC(=O)c1cc(N2CCC[C@H](COc3ccc(F)cc3)C2)ncn1. The fraction of sp³-hybridized carbons (Fsp3) is 0.389. The van der Waals surface area contributed by atoms with Crippen LogP contribution in [0.15, 0.2) is 36.7 Å². The summed E-state index contributed by atoms with van der Waals surface area (Å²) in [5.41, 5.74) is 0.247. The first-order chi connectivity index (χ1) is 12.2. The molecule has 0 N–H and O–H groups in total. The van der Waals surface area contributed by atoms with Gasteiger partial charge in [-0.05, 0) is 37.1 Å². The van der Waals surface area contributed by atoms with Crippen LogP contribution < -0.4 is 9.64 Å². The summed E-state index contributed by atoms with van der Waals surface area (Å²) in [7, 11) is 1.33. The number of carbonyl (C=O) groups excluding carboxylic acids is 1. The highest BCUT2D eigenvalue weighted by molar-refractivity contribution is 5.87. The minimum Gasteiger partial charge on any atom is -0.493 e. The third-order valence-electron chi connectivity index (χ3n) is 4.19. The molecule has 6 nitrogen and oxygen atoms in total. The average Bonchev–Trinajstić information content (AvgIpc) is 2.67. The largest absolute Gasteiger partial charge is 0.493 e. The normalized spacial score (nSPS) is 17.2. The van der Waals surface area contributed by atoms with Crippen LogP contribution >= 0.6 is 0 Å². The Kier molecular flexibility index (Phi) is 5.42. The number of rotatable bonds is 5. The van der Waals surface area contributed by atoms with E-state index in [-0.39, 0.29) is 11.5 Å². The molecule has 0 amide bonds. The van der Waals surface area contributed by atoms with Crippen molar-refractivity contribution >= 4 is 11.8 Å². The molecule has 7 heteroatoms. The Morgan fingerprint density at radius 2 is 2.12 bits per heavy atom. The van der Waals surface area contributed by atoms with Crippen LogP contribution in [0.2, 0.25) is 0 Å². The van der Waals surface area contributed by atoms with Crippen LogP contribution in [-0.4, -0.2) is 42.7 Å². The fourth-order valence-electron chi connectivity index (χ4n) is 2.89. The predicted octanol–water partition coefficient (Wildman–Crippen LogP) is 2.70. The molecular weight excluding hydrogens is 325 g/mol. The van der Waals surface area contributed by atoms with Crippen molar-refractivity contribution in [1.29, 1.82) is 0 Å². The van der Waals surface area contributed by atoms with Gasteiger partial charge < -0.3 is 14.4 Å². The maximum Gasteiger partial charge on any atom is 0.356 e. The highest BCUT2D eigenvalue weighted by Crippen LogP contribution is 2.23. The van der Waals surface area contributed by atoms with Crippen molar-refractivity contribution in [2.75, 3.05) is 31.7 Å². The summed E-state index contributed by atoms with van der Waals surface area (Å²) in [5, 5.41) is 0. The number of hydrogen-bond acceptors (Lipinski definition) is 6. The molecule has 132 valence electrons. The minimum atomic E-state index is -0.475. The van der Waals surface area contributed by atoms with Gasteiger partial charge in [0.2, 0.25) is 0 Å². The molecule has 1 fully saturated rings. The van der Waals surface area contributed by atoms with Crippen LogP contribution in [0.5, 0.6) is 5.75 Å². The van der Waals surface area contributed by atoms with Gasteiger partial charge in [-0.1, -0.05) is 0 Å². The first kappa shape index (κ1) is 17.1. The second kappa shape index (κ2) is 7.92. The van der Waals surface area contributed by atoms with Crippen molar-refractivity contribution in [2.45, 2.75) is 12.8 Å². The number of halogens is 1. The Balaban J connectivity index is 1.61. The van der Waals surface area contributed by atoms with E-state index in [1.165, 1.54) is 25.6 Å². The van der Waals surface area contributed by atoms with E-state index < -0.39 is 5.97 Å². The number of ether oxygens (including phenoxy) is 2. The van der Waals surface area contributed by atoms with E-state index >= 15 is 0 Å². The average molecular weight is 345 g/mol. The molecule has 0 saturated carbocycles. The van der Waals surface area contributed by atoms with Crippen molar-refractivity contribution in [3.8, 4) is 5.75 Å². The van der Waals surface area contributed by atoms with Crippen LogP contribution in [0.3, 0.4) is 0 Å². The molecule has 2 heterocycles. The lowest BCUT2D eigenvalue weighted by Gasteiger charge is -2.33. The number of piperidine rings is 1. The van der Waals surface area contributed by atoms with Crippen LogP contribution in [0.1, 0.15) is 23.3 Å². The molecule has 3 rings (SSSR count). The van der Waals surface area contributed by atoms with E-state index in [4.69, 9.17) is 9.47 Å². The zero-order valence-corrected chi connectivity index (χ0v) is 14.0. The van der Waals surface area contributed by atoms with Crippen molar-refractivity contribution < 1.29 is 18.7 Å². The summed E-state index contributed by atoms with van der Waals surface area (Å²) in [5.74, 6) is 0.948. The lowest BCUT2D eigenvalue weighted by atomic mass is 9.99. The second-order valence-electron chi connectivity index (χ2n) is 5.97. The van der Waals surface area contributed by atoms with Crippen molar-refractivity contribution in [3.63, 3.8) is 0 Å². The number of anilines is 1. The lowest BCUT2D eigenvalue weighted by molar-refractivity contribution is 0.0594. The van der Waals surface area contributed by atoms with Gasteiger partial charge in [-0.15, -0.1) is 0 Å². The van der Waals surface area contributed by atoms with Gasteiger partial charge in [0, 0.05) is 25.1 Å². The quantitative estimate of drug-likeness (QED) is 0.777. The maximum absolute atomic E-state index is 12.9. The van der Waals surface area contributed by atoms with Crippen LogP contribution in [0, 0.1) is 11.7 Å². The van der Waals surface area contributed by atoms with Gasteiger partial charge in [-0.25, -0.2) is 19.2 Å². The van der Waals surface area contributed by atoms with Crippen LogP contribution in [0.4, 0.5) is 10.2 Å². The summed E-state index contributed by atoms with van der Waals surface area (Å²) < 4.78 is 23.4. The summed E-state index contributed by atoms with van der Waals surface area (Å²) in [6.45, 7) is 2.20. The summed E-state index contributed by atoms with van der Waals surface area (Å²) >= 11 is 0. The van der Waals surface area contributed by atoms with E-state index in [0.717, 1.165) is 25.9 Å². The predicted molar refractivity (Wildman–Crippen MR) is 90.2 cm³/mol. The Bertz CT molecular complexity index is 724. The van der Waals surface area contributed by atoms with Gasteiger partial charge >= 0.3 is 5.97 Å². The number of aromatic nitrogens is 2. The molecule has 0 unspecified atom stereocenters. The van der Waals surface area contributed by atoms with Gasteiger partial charge in [-0.3, -0.25) is 0 Å². The molecule has 1 atom stereocenters. The van der Waals surface area contributed by atoms with Gasteiger partial charge in [0.25, 0.3) is 0 Å². The zero-order chi connectivity index (χ0) is 17.6. The molecule has 1 aliphatic rings. The van der Waals surface area contributed by atoms with Gasteiger partial charge in [0.1, 0.15) is 23.7 Å². The Morgan fingerprint density at radius 1 is 1.32 bits per heavy atom. The highest BCUT2D eigenvalue weighted by atomic mass is 19.1. The number of hydrogen-bond donors (Lipinski definition) is 0. The molecule has 0 spiro atoms. The number of esters is 1. The van der Waals surface area contributed by atoms with E-state index in [0.29, 0.717) is 24.1 Å². The van der Waals surface area contributed by atoms with Gasteiger partial charge in [-0.2, -0.15) is 0 Å². The van der Waals surface area contributed by atoms with Crippen LogP contribution in [0.25, 0.3) is 0 Å². The third-order valence-corrected chi connectivity index (χ3v) is 4.19. The standard InChI is InChI=1S/C18H20FN3O3/c1-24-18(23)16-9-17(21-12-20-16)22-8-2-3-13(10-22)11-25-15-6-4-14(19)5-7-15/h4-7,9,12-13H,2-3,8,10-11H2,1H3/t13-/m0/s1. The molecular formula is C18H20FN3O3. The maximum atomic E-state index is 12.9. The minimum absolute atomic E-state index is 0.247. The summed E-state index contributed by atoms with van der Waals surface area (Å²) in [6, 6.07) is 7.68. The number of benzene rings is 1. The molecule has 1 saturated heterocycles. The molecule has 1 aromatic heterocycles. The monoisotopic (exact) mass is 345 g/mol. The molecule has 25 heavy (non-hydrogen) atoms. The van der Waals surface area contributed by atoms with E-state index in [9.17, 15) is 9.18 Å². The number of methoxy groups -OCH3 is 1.